The van der Waals surface area contributed by atoms with Gasteiger partial charge in [-0.15, -0.1) is 0 Å². The lowest BCUT2D eigenvalue weighted by molar-refractivity contribution is -0.369. The van der Waals surface area contributed by atoms with E-state index in [1.807, 2.05) is 0 Å². The lowest BCUT2D eigenvalue weighted by Gasteiger charge is -2.49. The highest BCUT2D eigenvalue weighted by Gasteiger charge is 2.40. The summed E-state index contributed by atoms with van der Waals surface area (Å²) in [5.41, 5.74) is 34.4. The van der Waals surface area contributed by atoms with Gasteiger partial charge in [0, 0.05) is 0 Å². The van der Waals surface area contributed by atoms with Gasteiger partial charge in [-0.25, -0.2) is 9.97 Å². The summed E-state index contributed by atoms with van der Waals surface area (Å²) in [6, 6.07) is 0. The van der Waals surface area contributed by atoms with Crippen LogP contribution in [0.4, 0.5) is 35.7 Å². The first-order chi connectivity index (χ1) is 14.4. The standard InChI is InChI=1S/C4H13NO7P2.2C3H6N6.7H2O/c5-3-1-2-4(6,13(7,8)9)14(10,11)12;2*4-1-7-2(5)9-3(6)8-1;;;;;;;/h6H,1-3,5H2,(H2,7,8,9)(H2,10,11,12);2*(H6,4,5,6,7,8,9);7*1H2. The van der Waals surface area contributed by atoms with Crippen LogP contribution >= 0.6 is 15.2 Å². The maximum atomic E-state index is 10.5. The quantitative estimate of drug-likeness (QED) is 0.139. The number of quaternary nitrogens is 1. The average Bonchev–Trinajstić information content (AvgIpc) is 2.56. The number of nitrogens with two attached hydrogens (primary N) is 6. The van der Waals surface area contributed by atoms with Gasteiger partial charge in [-0.2, -0.15) is 0 Å². The summed E-state index contributed by atoms with van der Waals surface area (Å²) in [6.07, 6.45) is -0.990. The zero-order valence-corrected chi connectivity index (χ0v) is 21.7. The molecule has 2 aromatic heterocycles. The number of rotatable bonds is 5. The number of aromatic amines is 2. The predicted molar refractivity (Wildman–Crippen MR) is 128 cm³/mol. The average molecular weight is 627 g/mol. The SMILES string of the molecule is Nc1nc(N)[nH+]c(N)n1.Nc1nc(N)[nH+]c(N)n1.O.O.O.O.O.O.O.[NH3+]CCC[C@@](O)(P(=O)([O-])[O-])P(=O)([O-])O. The largest absolute Gasteiger partial charge is 0.808 e. The van der Waals surface area contributed by atoms with Crippen molar-refractivity contribution in [3.63, 3.8) is 0 Å². The molecule has 2 heterocycles. The molecule has 0 fully saturated rings. The van der Waals surface area contributed by atoms with E-state index in [0.717, 1.165) is 0 Å². The Morgan fingerprint density at radius 2 is 0.974 bits per heavy atom. The van der Waals surface area contributed by atoms with Crippen molar-refractivity contribution in [2.45, 2.75) is 17.9 Å². The van der Waals surface area contributed by atoms with E-state index in [9.17, 15) is 23.8 Å². The van der Waals surface area contributed by atoms with Gasteiger partial charge in [0.1, 0.15) is 0 Å². The molecule has 0 aromatic carbocycles. The van der Waals surface area contributed by atoms with E-state index in [0.29, 0.717) is 0 Å². The lowest BCUT2D eigenvalue weighted by Crippen LogP contribution is -2.51. The minimum Gasteiger partial charge on any atom is -0.808 e. The number of nitrogens with one attached hydrogen (secondary N) is 2. The molecule has 2 atom stereocenters. The van der Waals surface area contributed by atoms with Crippen molar-refractivity contribution in [2.75, 3.05) is 40.9 Å². The first-order valence-electron chi connectivity index (χ1n) is 8.16. The molecule has 0 aliphatic carbocycles. The van der Waals surface area contributed by atoms with E-state index in [1.54, 1.807) is 0 Å². The van der Waals surface area contributed by atoms with E-state index in [-0.39, 0.29) is 87.0 Å². The minimum absolute atomic E-state index is 0. The van der Waals surface area contributed by atoms with Gasteiger partial charge in [0.05, 0.1) is 6.54 Å². The van der Waals surface area contributed by atoms with E-state index in [1.165, 1.54) is 0 Å². The van der Waals surface area contributed by atoms with Crippen molar-refractivity contribution in [3.8, 4) is 0 Å². The highest BCUT2D eigenvalue weighted by Crippen LogP contribution is 2.63. The molecule has 0 spiro atoms. The summed E-state index contributed by atoms with van der Waals surface area (Å²) in [4.78, 5) is 59.1. The Kier molecular flexibility index (Phi) is 32.7. The normalized spacial score (nSPS) is 11.9. The van der Waals surface area contributed by atoms with Gasteiger partial charge in [-0.1, -0.05) is 19.9 Å². The fourth-order valence-corrected chi connectivity index (χ4v) is 3.82. The summed E-state index contributed by atoms with van der Waals surface area (Å²) < 4.78 is 21.0. The van der Waals surface area contributed by atoms with Crippen molar-refractivity contribution in [2.24, 2.45) is 0 Å². The number of hydrogen-bond acceptors (Lipinski definition) is 16. The number of hydrogen-bond donors (Lipinski definition) is 9. The van der Waals surface area contributed by atoms with Gasteiger partial charge < -0.3 is 112 Å². The zero-order valence-electron chi connectivity index (χ0n) is 19.9. The molecule has 33 N–H and O–H groups in total. The molecule has 39 heavy (non-hydrogen) atoms. The molecule has 1 unspecified atom stereocenters. The third-order valence-corrected chi connectivity index (χ3v) is 6.83. The Labute approximate surface area is 218 Å². The molecule has 0 amide bonds. The Hall–Kier alpha value is -3.24. The second kappa shape index (κ2) is 22.7. The molecule has 0 aliphatic rings. The van der Waals surface area contributed by atoms with Gasteiger partial charge in [0.25, 0.3) is 0 Å². The molecule has 0 bridgehead atoms. The van der Waals surface area contributed by atoms with Crippen LogP contribution in [0.1, 0.15) is 12.8 Å². The van der Waals surface area contributed by atoms with Crippen molar-refractivity contribution in [1.82, 2.24) is 19.9 Å². The fraction of sp³-hybridized carbons (Fsp3) is 0.400. The summed E-state index contributed by atoms with van der Waals surface area (Å²) >= 11 is 0. The van der Waals surface area contributed by atoms with Crippen LogP contribution in [-0.2, 0) is 9.13 Å². The monoisotopic (exact) mass is 627 g/mol. The highest BCUT2D eigenvalue weighted by atomic mass is 31.2. The summed E-state index contributed by atoms with van der Waals surface area (Å²) in [7, 11) is -11.5. The summed E-state index contributed by atoms with van der Waals surface area (Å²) in [5.74, 6) is 0.813. The van der Waals surface area contributed by atoms with Crippen molar-refractivity contribution in [3.05, 3.63) is 0 Å². The molecule has 2 aromatic rings. The molecule has 2 rings (SSSR count). The lowest BCUT2D eigenvalue weighted by atomic mass is 10.3. The first kappa shape index (κ1) is 56.1. The second-order valence-electron chi connectivity index (χ2n) is 5.70. The number of nitrogen functional groups attached to an aromatic ring is 6. The maximum absolute atomic E-state index is 10.5. The first-order valence-corrected chi connectivity index (χ1v) is 11.3. The van der Waals surface area contributed by atoms with Crippen LogP contribution in [0.5, 0.6) is 0 Å². The molecule has 29 heteroatoms. The van der Waals surface area contributed by atoms with Gasteiger partial charge >= 0.3 is 35.7 Å². The Bertz CT molecular complexity index is 824. The van der Waals surface area contributed by atoms with E-state index < -0.39 is 26.7 Å². The van der Waals surface area contributed by atoms with Gasteiger partial charge in [0.2, 0.25) is 0 Å². The Morgan fingerprint density at radius 1 is 0.718 bits per heavy atom. The van der Waals surface area contributed by atoms with E-state index >= 15 is 0 Å². The zero-order chi connectivity index (χ0) is 25.3. The third-order valence-electron chi connectivity index (χ3n) is 3.11. The van der Waals surface area contributed by atoms with Gasteiger partial charge in [-0.05, 0) is 20.4 Å². The summed E-state index contributed by atoms with van der Waals surface area (Å²) in [6.45, 7) is 0.127. The van der Waals surface area contributed by atoms with Crippen LogP contribution < -0.4 is 64.8 Å². The fourth-order valence-electron chi connectivity index (χ4n) is 1.71. The van der Waals surface area contributed by atoms with Crippen LogP contribution in [0.3, 0.4) is 0 Å². The third kappa shape index (κ3) is 19.5. The smallest absolute Gasteiger partial charge is 0.320 e. The van der Waals surface area contributed by atoms with Crippen LogP contribution in [-0.4, -0.2) is 79.9 Å². The molecular formula is C10H39N13O14P2. The molecule has 0 radical (unpaired) electrons. The predicted octanol–water partition coefficient (Wildman–Crippen LogP) is -13.6. The van der Waals surface area contributed by atoms with E-state index in [2.05, 4.69) is 35.6 Å². The van der Waals surface area contributed by atoms with Crippen LogP contribution in [0, 0.1) is 0 Å². The van der Waals surface area contributed by atoms with Crippen molar-refractivity contribution >= 4 is 50.9 Å². The highest BCUT2D eigenvalue weighted by molar-refractivity contribution is 7.70. The van der Waals surface area contributed by atoms with Crippen molar-refractivity contribution < 1.29 is 87.8 Å². The number of aliphatic hydroxyl groups is 1. The molecule has 0 saturated carbocycles. The molecule has 0 saturated heterocycles. The maximum Gasteiger partial charge on any atom is 0.320 e. The second-order valence-corrected chi connectivity index (χ2v) is 9.57. The number of H-pyrrole nitrogens is 2. The Morgan fingerprint density at radius 3 is 1.13 bits per heavy atom. The van der Waals surface area contributed by atoms with Crippen LogP contribution in [0.2, 0.25) is 0 Å². The molecule has 238 valence electrons. The number of nitrogens with zero attached hydrogens (tertiary/aromatic N) is 4. The number of anilines is 6. The number of aromatic nitrogens is 6. The van der Waals surface area contributed by atoms with E-state index in [4.69, 9.17) is 44.4 Å². The molecule has 0 aliphatic heterocycles. The van der Waals surface area contributed by atoms with Crippen LogP contribution in [0.25, 0.3) is 0 Å². The van der Waals surface area contributed by atoms with Gasteiger partial charge in [-0.3, -0.25) is 0 Å². The minimum atomic E-state index is -5.84. The molecule has 27 nitrogen and oxygen atoms in total. The van der Waals surface area contributed by atoms with Crippen molar-refractivity contribution in [1.29, 1.82) is 0 Å². The van der Waals surface area contributed by atoms with Crippen LogP contribution in [0.15, 0.2) is 0 Å². The Balaban J connectivity index is -0.0000000579. The molecular weight excluding hydrogens is 588 g/mol. The van der Waals surface area contributed by atoms with Gasteiger partial charge in [0.15, 0.2) is 12.7 Å². The summed E-state index contributed by atoms with van der Waals surface area (Å²) in [5, 5.41) is 5.46. The topological polar surface area (TPSA) is 628 Å².